The van der Waals surface area contributed by atoms with E-state index in [0.717, 1.165) is 45.5 Å². The van der Waals surface area contributed by atoms with Crippen LogP contribution in [0.3, 0.4) is 0 Å². The van der Waals surface area contributed by atoms with Gasteiger partial charge in [0.2, 0.25) is 0 Å². The minimum Gasteiger partial charge on any atom is -0.309 e. The van der Waals surface area contributed by atoms with Crippen LogP contribution in [0.1, 0.15) is 22.3 Å². The Morgan fingerprint density at radius 2 is 1.40 bits per heavy atom. The van der Waals surface area contributed by atoms with Crippen LogP contribution in [-0.4, -0.2) is 11.3 Å². The van der Waals surface area contributed by atoms with E-state index >= 15 is 0 Å². The number of rotatable bonds is 8. The van der Waals surface area contributed by atoms with E-state index < -0.39 is 0 Å². The molecule has 0 saturated carbocycles. The Morgan fingerprint density at radius 3 is 2.08 bits per heavy atom. The molecule has 0 aliphatic carbocycles. The molecule has 40 heavy (non-hydrogen) atoms. The molecule has 1 aromatic heterocycles. The van der Waals surface area contributed by atoms with Gasteiger partial charge in [-0.15, -0.1) is 0 Å². The van der Waals surface area contributed by atoms with Crippen molar-refractivity contribution in [2.45, 2.75) is 6.42 Å². The monoisotopic (exact) mass is 514 g/mol. The average molecular weight is 515 g/mol. The Kier molecular flexibility index (Phi) is 6.82. The molecule has 0 saturated heterocycles. The number of aromatic nitrogens is 1. The van der Waals surface area contributed by atoms with E-state index in [0.29, 0.717) is 0 Å². The summed E-state index contributed by atoms with van der Waals surface area (Å²) in [5.41, 5.74) is 8.51. The molecule has 0 bridgehead atoms. The third kappa shape index (κ3) is 4.50. The Bertz CT molecular complexity index is 1950. The van der Waals surface area contributed by atoms with Crippen molar-refractivity contribution in [1.82, 2.24) is 4.57 Å². The molecule has 192 valence electrons. The maximum atomic E-state index is 4.46. The van der Waals surface area contributed by atoms with Gasteiger partial charge in [0.1, 0.15) is 0 Å². The SMILES string of the molecule is C=Cc1ccc2c(c1C=C)c1cc3ccccc3cc1n2C(/C=C(\N=C)c1ccccc1)=C/Cc1ccccc1. The lowest BCUT2D eigenvalue weighted by molar-refractivity contribution is 1.19. The highest BCUT2D eigenvalue weighted by Crippen LogP contribution is 2.39. The van der Waals surface area contributed by atoms with Crippen LogP contribution in [0.5, 0.6) is 0 Å². The first kappa shape index (κ1) is 25.1. The van der Waals surface area contributed by atoms with E-state index in [2.05, 4.69) is 133 Å². The quantitative estimate of drug-likeness (QED) is 0.142. The molecule has 0 fully saturated rings. The van der Waals surface area contributed by atoms with E-state index in [4.69, 9.17) is 0 Å². The van der Waals surface area contributed by atoms with Gasteiger partial charge in [-0.3, -0.25) is 4.99 Å². The van der Waals surface area contributed by atoms with E-state index in [1.54, 1.807) is 0 Å². The third-order valence-corrected chi connectivity index (χ3v) is 7.47. The van der Waals surface area contributed by atoms with Crippen LogP contribution in [0.2, 0.25) is 0 Å². The summed E-state index contributed by atoms with van der Waals surface area (Å²) in [4.78, 5) is 4.46. The van der Waals surface area contributed by atoms with Crippen molar-refractivity contribution in [3.8, 4) is 0 Å². The van der Waals surface area contributed by atoms with Crippen molar-refractivity contribution in [3.05, 3.63) is 157 Å². The van der Waals surface area contributed by atoms with Gasteiger partial charge in [0.15, 0.2) is 0 Å². The number of benzene rings is 5. The molecule has 6 rings (SSSR count). The molecule has 1 heterocycles. The summed E-state index contributed by atoms with van der Waals surface area (Å²) in [7, 11) is 0. The van der Waals surface area contributed by atoms with E-state index in [1.807, 2.05) is 30.4 Å². The topological polar surface area (TPSA) is 17.3 Å². The third-order valence-electron chi connectivity index (χ3n) is 7.47. The van der Waals surface area contributed by atoms with Crippen LogP contribution in [0.15, 0.2) is 139 Å². The second-order valence-corrected chi connectivity index (χ2v) is 9.80. The summed E-state index contributed by atoms with van der Waals surface area (Å²) in [6.45, 7) is 12.2. The van der Waals surface area contributed by atoms with Crippen LogP contribution in [-0.2, 0) is 6.42 Å². The first-order chi connectivity index (χ1) is 19.7. The Hall–Kier alpha value is -5.21. The lowest BCUT2D eigenvalue weighted by Crippen LogP contribution is -1.98. The lowest BCUT2D eigenvalue weighted by atomic mass is 9.99. The van der Waals surface area contributed by atoms with E-state index in [-0.39, 0.29) is 0 Å². The van der Waals surface area contributed by atoms with Gasteiger partial charge in [-0.2, -0.15) is 0 Å². The second-order valence-electron chi connectivity index (χ2n) is 9.80. The molecule has 0 N–H and O–H groups in total. The minimum atomic E-state index is 0.777. The van der Waals surface area contributed by atoms with Gasteiger partial charge in [-0.25, -0.2) is 0 Å². The summed E-state index contributed by atoms with van der Waals surface area (Å²) in [5, 5.41) is 4.75. The predicted molar refractivity (Wildman–Crippen MR) is 176 cm³/mol. The van der Waals surface area contributed by atoms with E-state index in [1.165, 1.54) is 27.1 Å². The summed E-state index contributed by atoms with van der Waals surface area (Å²) in [6.07, 6.45) is 9.06. The van der Waals surface area contributed by atoms with Crippen molar-refractivity contribution >= 4 is 62.8 Å². The number of allylic oxidation sites excluding steroid dienone is 3. The molecule has 0 unspecified atom stereocenters. The molecule has 0 amide bonds. The molecule has 2 heteroatoms. The molecule has 0 aliphatic rings. The Balaban J connectivity index is 1.72. The highest BCUT2D eigenvalue weighted by atomic mass is 15.0. The standard InChI is InChI=1S/C38H30N2/c1-4-28-21-23-36-38(33(28)5-2)34-24-30-18-12-13-19-31(30)25-37(34)40(36)32(22-20-27-14-8-6-9-15-27)26-35(39-3)29-16-10-7-11-17-29/h4-19,21-26H,1-3,20H2/b32-22+,35-26-. The minimum absolute atomic E-state index is 0.777. The molecule has 0 atom stereocenters. The molecule has 0 aliphatic heterocycles. The maximum Gasteiger partial charge on any atom is 0.0715 e. The van der Waals surface area contributed by atoms with E-state index in [9.17, 15) is 0 Å². The Labute approximate surface area is 235 Å². The van der Waals surface area contributed by atoms with Crippen LogP contribution in [0, 0.1) is 0 Å². The zero-order valence-corrected chi connectivity index (χ0v) is 22.4. The average Bonchev–Trinajstić information content (AvgIpc) is 3.33. The lowest BCUT2D eigenvalue weighted by Gasteiger charge is -2.13. The van der Waals surface area contributed by atoms with Gasteiger partial charge < -0.3 is 4.57 Å². The highest BCUT2D eigenvalue weighted by molar-refractivity contribution is 6.18. The van der Waals surface area contributed by atoms with Crippen molar-refractivity contribution < 1.29 is 0 Å². The second kappa shape index (κ2) is 10.9. The summed E-state index contributed by atoms with van der Waals surface area (Å²) < 4.78 is 2.36. The largest absolute Gasteiger partial charge is 0.309 e. The van der Waals surface area contributed by atoms with Gasteiger partial charge in [-0.05, 0) is 64.9 Å². The number of hydrogen-bond donors (Lipinski definition) is 0. The fraction of sp³-hybridized carbons (Fsp3) is 0.0263. The van der Waals surface area contributed by atoms with Crippen molar-refractivity contribution in [2.24, 2.45) is 4.99 Å². The fourth-order valence-corrected chi connectivity index (χ4v) is 5.53. The zero-order valence-electron chi connectivity index (χ0n) is 22.4. The fourth-order valence-electron chi connectivity index (χ4n) is 5.53. The maximum absolute atomic E-state index is 4.46. The first-order valence-corrected chi connectivity index (χ1v) is 13.4. The van der Waals surface area contributed by atoms with Crippen LogP contribution in [0.4, 0.5) is 0 Å². The van der Waals surface area contributed by atoms with Gasteiger partial charge in [-0.1, -0.05) is 122 Å². The van der Waals surface area contributed by atoms with Gasteiger partial charge in [0, 0.05) is 22.0 Å². The van der Waals surface area contributed by atoms with Gasteiger partial charge >= 0.3 is 0 Å². The molecule has 0 spiro atoms. The molecular formula is C38H30N2. The molecule has 2 nitrogen and oxygen atoms in total. The predicted octanol–water partition coefficient (Wildman–Crippen LogP) is 10.1. The van der Waals surface area contributed by atoms with Gasteiger partial charge in [0.05, 0.1) is 16.7 Å². The highest BCUT2D eigenvalue weighted by Gasteiger charge is 2.18. The summed E-state index contributed by atoms with van der Waals surface area (Å²) in [6, 6.07) is 38.2. The number of aliphatic imine (C=N–C) groups is 1. The molecular weight excluding hydrogens is 484 g/mol. The smallest absolute Gasteiger partial charge is 0.0715 e. The van der Waals surface area contributed by atoms with Crippen LogP contribution in [0.25, 0.3) is 56.1 Å². The number of fused-ring (bicyclic) bond motifs is 4. The molecule has 0 radical (unpaired) electrons. The van der Waals surface area contributed by atoms with Crippen LogP contribution < -0.4 is 0 Å². The zero-order chi connectivity index (χ0) is 27.5. The summed E-state index contributed by atoms with van der Waals surface area (Å²) in [5.74, 6) is 0. The van der Waals surface area contributed by atoms with Gasteiger partial charge in [0.25, 0.3) is 0 Å². The summed E-state index contributed by atoms with van der Waals surface area (Å²) >= 11 is 0. The van der Waals surface area contributed by atoms with Crippen molar-refractivity contribution in [3.63, 3.8) is 0 Å². The normalized spacial score (nSPS) is 12.2. The number of hydrogen-bond acceptors (Lipinski definition) is 1. The molecule has 5 aromatic carbocycles. The van der Waals surface area contributed by atoms with Crippen LogP contribution >= 0.6 is 0 Å². The number of nitrogens with zero attached hydrogens (tertiary/aromatic N) is 2. The Morgan fingerprint density at radius 1 is 0.725 bits per heavy atom. The molecule has 6 aromatic rings. The van der Waals surface area contributed by atoms with Crippen molar-refractivity contribution in [2.75, 3.05) is 0 Å². The van der Waals surface area contributed by atoms with Crippen molar-refractivity contribution in [1.29, 1.82) is 0 Å². The first-order valence-electron chi connectivity index (χ1n) is 13.4.